The molecule has 1 aliphatic rings. The van der Waals surface area contributed by atoms with Gasteiger partial charge in [0, 0.05) is 0 Å². The van der Waals surface area contributed by atoms with E-state index in [1.165, 1.54) is 0 Å². The molecule has 3 N–H and O–H groups in total. The molecule has 0 unspecified atom stereocenters. The van der Waals surface area contributed by atoms with Gasteiger partial charge < -0.3 is 15.0 Å². The van der Waals surface area contributed by atoms with Crippen molar-refractivity contribution in [1.29, 1.82) is 0 Å². The van der Waals surface area contributed by atoms with Crippen LogP contribution in [0.4, 0.5) is 5.69 Å². The van der Waals surface area contributed by atoms with Gasteiger partial charge >= 0.3 is 0 Å². The Hall–Kier alpha value is -2.07. The number of nitrogens with two attached hydrogens (primary N) is 1. The number of nitrogens with zero attached hydrogens (tertiary/aromatic N) is 3. The van der Waals surface area contributed by atoms with Crippen LogP contribution in [0, 0.1) is 9.81 Å². The van der Waals surface area contributed by atoms with Crippen molar-refractivity contribution >= 4 is 37.3 Å². The first-order valence-corrected chi connectivity index (χ1v) is 10.0. The van der Waals surface area contributed by atoms with Crippen LogP contribution < -0.4 is 10.5 Å². The van der Waals surface area contributed by atoms with Gasteiger partial charge in [-0.3, -0.25) is 0 Å². The second-order valence-electron chi connectivity index (χ2n) is 4.97. The normalized spacial score (nSPS) is 17.5. The van der Waals surface area contributed by atoms with E-state index in [-0.39, 0.29) is 17.4 Å². The van der Waals surface area contributed by atoms with Crippen molar-refractivity contribution in [2.24, 2.45) is 15.8 Å². The van der Waals surface area contributed by atoms with E-state index in [1.54, 1.807) is 0 Å². The maximum absolute atomic E-state index is 12.7. The van der Waals surface area contributed by atoms with Crippen LogP contribution in [-0.2, 0) is 29.7 Å². The summed E-state index contributed by atoms with van der Waals surface area (Å²) in [7, 11) is -8.49. The van der Waals surface area contributed by atoms with Gasteiger partial charge in [-0.25, -0.2) is 22.0 Å². The Morgan fingerprint density at radius 1 is 1.35 bits per heavy atom. The van der Waals surface area contributed by atoms with Gasteiger partial charge in [0.1, 0.15) is 9.79 Å². The van der Waals surface area contributed by atoms with Gasteiger partial charge in [0.15, 0.2) is 23.4 Å². The van der Waals surface area contributed by atoms with Crippen molar-refractivity contribution in [3.63, 3.8) is 0 Å². The average Bonchev–Trinajstić information content (AvgIpc) is 2.53. The summed E-state index contributed by atoms with van der Waals surface area (Å²) in [6, 6.07) is 1.94. The number of sulfonamides is 2. The molecule has 0 fully saturated rings. The van der Waals surface area contributed by atoms with E-state index in [0.717, 1.165) is 16.4 Å². The number of benzene rings is 1. The van der Waals surface area contributed by atoms with Gasteiger partial charge in [-0.05, 0) is 12.1 Å². The predicted octanol–water partition coefficient (Wildman–Crippen LogP) is 0.126. The molecule has 0 saturated carbocycles. The SMILES string of the molecule is NS(=O)(=O)c1cc2c(cc1Cl)NCN(C[C@H](CON=O)ON=O)S2(=O)=O. The van der Waals surface area contributed by atoms with Crippen molar-refractivity contribution in [1.82, 2.24) is 4.31 Å². The van der Waals surface area contributed by atoms with E-state index < -0.39 is 49.1 Å². The van der Waals surface area contributed by atoms with Crippen LogP contribution in [-0.4, -0.2) is 47.1 Å². The maximum Gasteiger partial charge on any atom is 0.246 e. The van der Waals surface area contributed by atoms with Crippen LogP contribution in [0.5, 0.6) is 0 Å². The molecule has 0 aliphatic carbocycles. The highest BCUT2D eigenvalue weighted by molar-refractivity contribution is 7.90. The van der Waals surface area contributed by atoms with Crippen LogP contribution >= 0.6 is 11.6 Å². The molecule has 0 bridgehead atoms. The molecule has 1 aromatic carbocycles. The molecule has 1 aliphatic heterocycles. The van der Waals surface area contributed by atoms with Gasteiger partial charge in [0.25, 0.3) is 0 Å². The molecule has 2 rings (SSSR count). The minimum Gasteiger partial charge on any atom is -0.370 e. The highest BCUT2D eigenvalue weighted by Gasteiger charge is 2.35. The summed E-state index contributed by atoms with van der Waals surface area (Å²) in [6.07, 6.45) is -1.23. The zero-order valence-electron chi connectivity index (χ0n) is 12.7. The first kappa shape index (κ1) is 20.2. The van der Waals surface area contributed by atoms with Gasteiger partial charge in [0.2, 0.25) is 20.0 Å². The molecule has 1 heterocycles. The zero-order valence-corrected chi connectivity index (χ0v) is 15.1. The standard InChI is InChI=1S/C10H12ClN5O8S2/c11-7-1-8-10(2-9(7)25(12,19)20)26(21,22)16(5-13-8)3-6(24-15-18)4-23-14-17/h1-2,6,13H,3-5H2,(H2,12,19,20)/t6-/m1/s1. The Kier molecular flexibility index (Phi) is 5.97. The minimum absolute atomic E-state index is 0.0652. The molecule has 1 aromatic rings. The number of hydrogen-bond donors (Lipinski definition) is 2. The average molecular weight is 430 g/mol. The minimum atomic E-state index is -4.27. The number of primary sulfonamides is 1. The summed E-state index contributed by atoms with van der Waals surface area (Å²) in [5, 5.41) is 11.8. The Balaban J connectivity index is 2.40. The van der Waals surface area contributed by atoms with Gasteiger partial charge in [0.05, 0.1) is 23.9 Å². The number of nitrogens with one attached hydrogen (secondary N) is 1. The molecule has 26 heavy (non-hydrogen) atoms. The number of fused-ring (bicyclic) bond motifs is 1. The van der Waals surface area contributed by atoms with E-state index in [9.17, 15) is 26.6 Å². The topological polar surface area (TPSA) is 187 Å². The Morgan fingerprint density at radius 3 is 2.62 bits per heavy atom. The largest absolute Gasteiger partial charge is 0.370 e. The number of halogens is 1. The third kappa shape index (κ3) is 4.18. The van der Waals surface area contributed by atoms with Crippen LogP contribution in [0.15, 0.2) is 32.6 Å². The Labute approximate surface area is 152 Å². The van der Waals surface area contributed by atoms with Crippen molar-refractivity contribution in [2.75, 3.05) is 25.1 Å². The molecule has 0 amide bonds. The first-order valence-electron chi connectivity index (χ1n) is 6.64. The van der Waals surface area contributed by atoms with Crippen molar-refractivity contribution in [2.45, 2.75) is 15.9 Å². The molecule has 0 saturated heterocycles. The third-order valence-corrected chi connectivity index (χ3v) is 6.54. The molecule has 0 spiro atoms. The Morgan fingerprint density at radius 2 is 2.04 bits per heavy atom. The zero-order chi connectivity index (χ0) is 19.5. The van der Waals surface area contributed by atoms with Crippen LogP contribution in [0.1, 0.15) is 0 Å². The summed E-state index contributed by atoms with van der Waals surface area (Å²) in [5.41, 5.74) is 0.0652. The lowest BCUT2D eigenvalue weighted by Crippen LogP contribution is -2.45. The third-order valence-electron chi connectivity index (χ3n) is 3.32. The lowest BCUT2D eigenvalue weighted by Gasteiger charge is -2.31. The van der Waals surface area contributed by atoms with Gasteiger partial charge in [-0.1, -0.05) is 11.6 Å². The Bertz CT molecular complexity index is 922. The lowest BCUT2D eigenvalue weighted by molar-refractivity contribution is -0.0234. The molecule has 16 heteroatoms. The van der Waals surface area contributed by atoms with Crippen LogP contribution in [0.2, 0.25) is 5.02 Å². The lowest BCUT2D eigenvalue weighted by atomic mass is 10.3. The van der Waals surface area contributed by atoms with E-state index >= 15 is 0 Å². The second kappa shape index (κ2) is 7.67. The molecule has 0 aromatic heterocycles. The monoisotopic (exact) mass is 429 g/mol. The molecule has 0 radical (unpaired) electrons. The summed E-state index contributed by atoms with van der Waals surface area (Å²) in [4.78, 5) is 27.9. The predicted molar refractivity (Wildman–Crippen MR) is 87.6 cm³/mol. The van der Waals surface area contributed by atoms with Crippen LogP contribution in [0.3, 0.4) is 0 Å². The maximum atomic E-state index is 12.7. The highest BCUT2D eigenvalue weighted by atomic mass is 35.5. The smallest absolute Gasteiger partial charge is 0.246 e. The molecular formula is C10H12ClN5O8S2. The summed E-state index contributed by atoms with van der Waals surface area (Å²) in [6.45, 7) is -1.23. The molecule has 1 atom stereocenters. The van der Waals surface area contributed by atoms with Crippen molar-refractivity contribution < 1.29 is 26.5 Å². The van der Waals surface area contributed by atoms with Gasteiger partial charge in [-0.2, -0.15) is 4.31 Å². The van der Waals surface area contributed by atoms with E-state index in [0.29, 0.717) is 0 Å². The van der Waals surface area contributed by atoms with Crippen molar-refractivity contribution in [3.8, 4) is 0 Å². The summed E-state index contributed by atoms with van der Waals surface area (Å²) >= 11 is 5.83. The van der Waals surface area contributed by atoms with Crippen molar-refractivity contribution in [3.05, 3.63) is 27.0 Å². The number of anilines is 1. The summed E-state index contributed by atoms with van der Waals surface area (Å²) in [5.74, 6) is 0. The van der Waals surface area contributed by atoms with E-state index in [2.05, 4.69) is 25.7 Å². The van der Waals surface area contributed by atoms with E-state index in [1.807, 2.05) is 0 Å². The van der Waals surface area contributed by atoms with Crippen LogP contribution in [0.25, 0.3) is 0 Å². The quantitative estimate of drug-likeness (QED) is 0.427. The molecule has 144 valence electrons. The van der Waals surface area contributed by atoms with Gasteiger partial charge in [-0.15, -0.1) is 9.81 Å². The number of hydrogen-bond acceptors (Lipinski definition) is 11. The molecule has 13 nitrogen and oxygen atoms in total. The van der Waals surface area contributed by atoms with E-state index in [4.69, 9.17) is 16.7 Å². The number of rotatable bonds is 8. The molecular weight excluding hydrogens is 418 g/mol. The summed E-state index contributed by atoms with van der Waals surface area (Å²) < 4.78 is 49.4. The first-order chi connectivity index (χ1) is 12.1. The fourth-order valence-electron chi connectivity index (χ4n) is 2.18. The second-order valence-corrected chi connectivity index (χ2v) is 8.81. The fraction of sp³-hybridized carbons (Fsp3) is 0.400. The highest BCUT2D eigenvalue weighted by Crippen LogP contribution is 2.35. The fourth-order valence-corrected chi connectivity index (χ4v) is 4.91.